The first-order chi connectivity index (χ1) is 14.3. The van der Waals surface area contributed by atoms with Crippen molar-refractivity contribution < 1.29 is 4.79 Å². The molecule has 3 aromatic heterocycles. The number of rotatable bonds is 7. The highest BCUT2D eigenvalue weighted by atomic mass is 32.2. The number of nitrogens with zero attached hydrogens (tertiary/aromatic N) is 5. The number of hydrogen-bond donors (Lipinski definition) is 1. The first-order valence-electron chi connectivity index (χ1n) is 9.04. The minimum absolute atomic E-state index is 0.0991. The molecule has 7 nitrogen and oxygen atoms in total. The number of carbonyl (C=O) groups excluding carboxylic acids is 1. The summed E-state index contributed by atoms with van der Waals surface area (Å²) in [6.07, 6.45) is 5.79. The first kappa shape index (κ1) is 19.3. The number of nitrogens with one attached hydrogen (secondary N) is 1. The van der Waals surface area contributed by atoms with Gasteiger partial charge in [-0.25, -0.2) is 4.98 Å². The predicted octanol–water partition coefficient (Wildman–Crippen LogP) is 4.30. The van der Waals surface area contributed by atoms with E-state index in [4.69, 9.17) is 0 Å². The van der Waals surface area contributed by atoms with Gasteiger partial charge in [-0.05, 0) is 30.7 Å². The highest BCUT2D eigenvalue weighted by molar-refractivity contribution is 8.00. The molecule has 0 fully saturated rings. The van der Waals surface area contributed by atoms with Crippen LogP contribution < -0.4 is 5.32 Å². The molecule has 0 saturated carbocycles. The maximum absolute atomic E-state index is 12.7. The highest BCUT2D eigenvalue weighted by Gasteiger charge is 2.24. The molecule has 0 aliphatic heterocycles. The summed E-state index contributed by atoms with van der Waals surface area (Å²) in [6.45, 7) is 1.98. The van der Waals surface area contributed by atoms with Crippen LogP contribution in [0.3, 0.4) is 0 Å². The Bertz CT molecular complexity index is 1070. The molecule has 29 heavy (non-hydrogen) atoms. The van der Waals surface area contributed by atoms with Gasteiger partial charge < -0.3 is 5.32 Å². The van der Waals surface area contributed by atoms with Crippen molar-refractivity contribution in [3.8, 4) is 17.1 Å². The molecule has 0 spiro atoms. The van der Waals surface area contributed by atoms with E-state index in [0.717, 1.165) is 11.3 Å². The van der Waals surface area contributed by atoms with Crippen molar-refractivity contribution in [2.45, 2.75) is 23.8 Å². The molecule has 3 heterocycles. The zero-order chi connectivity index (χ0) is 20.1. The Morgan fingerprint density at radius 2 is 2.03 bits per heavy atom. The number of hydrogen-bond acceptors (Lipinski definition) is 7. The maximum atomic E-state index is 12.7. The van der Waals surface area contributed by atoms with Crippen LogP contribution in [0.4, 0.5) is 5.13 Å². The van der Waals surface area contributed by atoms with Gasteiger partial charge in [-0.1, -0.05) is 36.9 Å². The summed E-state index contributed by atoms with van der Waals surface area (Å²) in [7, 11) is 0. The van der Waals surface area contributed by atoms with Gasteiger partial charge in [0, 0.05) is 35.2 Å². The molecule has 1 aromatic carbocycles. The molecule has 4 rings (SSSR count). The van der Waals surface area contributed by atoms with E-state index < -0.39 is 0 Å². The largest absolute Gasteiger partial charge is 0.301 e. The van der Waals surface area contributed by atoms with Crippen LogP contribution in [0.15, 0.2) is 71.6 Å². The van der Waals surface area contributed by atoms with Crippen LogP contribution in [-0.4, -0.2) is 35.9 Å². The third-order valence-corrected chi connectivity index (χ3v) is 6.14. The number of aromatic nitrogens is 5. The molecule has 0 radical (unpaired) electrons. The topological polar surface area (TPSA) is 85.6 Å². The van der Waals surface area contributed by atoms with Crippen LogP contribution in [0.2, 0.25) is 0 Å². The lowest BCUT2D eigenvalue weighted by Crippen LogP contribution is -2.25. The summed E-state index contributed by atoms with van der Waals surface area (Å²) in [4.78, 5) is 21.1. The van der Waals surface area contributed by atoms with Gasteiger partial charge in [0.1, 0.15) is 0 Å². The number of para-hydroxylation sites is 1. The molecule has 4 aromatic rings. The molecule has 0 aliphatic carbocycles. The molecule has 1 atom stereocenters. The van der Waals surface area contributed by atoms with Crippen molar-refractivity contribution in [2.75, 3.05) is 5.32 Å². The zero-order valence-electron chi connectivity index (χ0n) is 15.6. The third kappa shape index (κ3) is 4.36. The second-order valence-corrected chi connectivity index (χ2v) is 8.12. The fraction of sp³-hybridized carbons (Fsp3) is 0.150. The van der Waals surface area contributed by atoms with Crippen LogP contribution >= 0.6 is 23.1 Å². The van der Waals surface area contributed by atoms with Gasteiger partial charge in [0.25, 0.3) is 0 Å². The minimum Gasteiger partial charge on any atom is -0.301 e. The molecule has 0 saturated heterocycles. The maximum Gasteiger partial charge on any atom is 0.239 e. The number of thiazole rings is 1. The average molecular weight is 423 g/mol. The summed E-state index contributed by atoms with van der Waals surface area (Å²) >= 11 is 2.78. The normalized spacial score (nSPS) is 11.9. The van der Waals surface area contributed by atoms with Crippen LogP contribution in [-0.2, 0) is 4.79 Å². The van der Waals surface area contributed by atoms with Crippen molar-refractivity contribution in [1.29, 1.82) is 0 Å². The van der Waals surface area contributed by atoms with E-state index in [1.54, 1.807) is 18.6 Å². The molecule has 1 N–H and O–H groups in total. The van der Waals surface area contributed by atoms with E-state index in [2.05, 4.69) is 25.5 Å². The van der Waals surface area contributed by atoms with Gasteiger partial charge in [0.15, 0.2) is 16.1 Å². The second-order valence-electron chi connectivity index (χ2n) is 6.06. The average Bonchev–Trinajstić information content (AvgIpc) is 3.43. The minimum atomic E-state index is -0.327. The van der Waals surface area contributed by atoms with Crippen molar-refractivity contribution in [3.05, 3.63) is 66.4 Å². The number of pyridine rings is 1. The number of anilines is 1. The molecule has 0 bridgehead atoms. The molecule has 9 heteroatoms. The summed E-state index contributed by atoms with van der Waals surface area (Å²) < 4.78 is 1.96. The van der Waals surface area contributed by atoms with E-state index in [1.807, 2.05) is 59.3 Å². The van der Waals surface area contributed by atoms with Gasteiger partial charge in [-0.2, -0.15) is 0 Å². The number of carbonyl (C=O) groups is 1. The van der Waals surface area contributed by atoms with Crippen molar-refractivity contribution in [2.24, 2.45) is 0 Å². The van der Waals surface area contributed by atoms with E-state index in [0.29, 0.717) is 22.5 Å². The standard InChI is InChI=1S/C20H18N6OS2/c1-2-16(18(27)23-19-22-11-12-28-19)29-20-25-24-17(14-7-6-10-21-13-14)26(20)15-8-4-3-5-9-15/h3-13,16H,2H2,1H3,(H,22,23,27)/t16-/m1/s1. The molecular formula is C20H18N6OS2. The lowest BCUT2D eigenvalue weighted by atomic mass is 10.2. The molecule has 1 amide bonds. The second kappa shape index (κ2) is 8.97. The van der Waals surface area contributed by atoms with E-state index in [1.165, 1.54) is 23.1 Å². The molecule has 0 unspecified atom stereocenters. The van der Waals surface area contributed by atoms with Gasteiger partial charge in [0.05, 0.1) is 5.25 Å². The van der Waals surface area contributed by atoms with Gasteiger partial charge in [-0.15, -0.1) is 21.5 Å². The van der Waals surface area contributed by atoms with Gasteiger partial charge in [0.2, 0.25) is 5.91 Å². The monoisotopic (exact) mass is 422 g/mol. The Hall–Kier alpha value is -3.04. The zero-order valence-corrected chi connectivity index (χ0v) is 17.2. The molecule has 0 aliphatic rings. The lowest BCUT2D eigenvalue weighted by molar-refractivity contribution is -0.115. The van der Waals surface area contributed by atoms with Crippen LogP contribution in [0.5, 0.6) is 0 Å². The Morgan fingerprint density at radius 1 is 1.17 bits per heavy atom. The SMILES string of the molecule is CC[C@@H](Sc1nnc(-c2cccnc2)n1-c1ccccc1)C(=O)Nc1nccs1. The van der Waals surface area contributed by atoms with Crippen LogP contribution in [0, 0.1) is 0 Å². The quantitative estimate of drug-likeness (QED) is 0.447. The smallest absolute Gasteiger partial charge is 0.239 e. The van der Waals surface area contributed by atoms with Crippen molar-refractivity contribution in [3.63, 3.8) is 0 Å². The highest BCUT2D eigenvalue weighted by Crippen LogP contribution is 2.31. The molecule has 146 valence electrons. The van der Waals surface area contributed by atoms with Crippen LogP contribution in [0.1, 0.15) is 13.3 Å². The Labute approximate surface area is 176 Å². The van der Waals surface area contributed by atoms with E-state index >= 15 is 0 Å². The fourth-order valence-electron chi connectivity index (χ4n) is 2.76. The third-order valence-electron chi connectivity index (χ3n) is 4.14. The van der Waals surface area contributed by atoms with Crippen molar-refractivity contribution in [1.82, 2.24) is 24.7 Å². The lowest BCUT2D eigenvalue weighted by Gasteiger charge is -2.15. The van der Waals surface area contributed by atoms with Gasteiger partial charge in [-0.3, -0.25) is 14.3 Å². The number of benzene rings is 1. The summed E-state index contributed by atoms with van der Waals surface area (Å²) in [5.41, 5.74) is 1.78. The number of thioether (sulfide) groups is 1. The number of amides is 1. The Morgan fingerprint density at radius 3 is 2.72 bits per heavy atom. The summed E-state index contributed by atoms with van der Waals surface area (Å²) in [6, 6.07) is 13.7. The van der Waals surface area contributed by atoms with Crippen LogP contribution in [0.25, 0.3) is 17.1 Å². The summed E-state index contributed by atoms with van der Waals surface area (Å²) in [5.74, 6) is 0.583. The van der Waals surface area contributed by atoms with E-state index in [9.17, 15) is 4.79 Å². The van der Waals surface area contributed by atoms with E-state index in [-0.39, 0.29) is 11.2 Å². The van der Waals surface area contributed by atoms with Crippen molar-refractivity contribution >= 4 is 34.1 Å². The van der Waals surface area contributed by atoms with Gasteiger partial charge >= 0.3 is 0 Å². The Balaban J connectivity index is 1.68. The fourth-order valence-corrected chi connectivity index (χ4v) is 4.26. The Kier molecular flexibility index (Phi) is 5.97. The summed E-state index contributed by atoms with van der Waals surface area (Å²) in [5, 5.41) is 14.4. The predicted molar refractivity (Wildman–Crippen MR) is 115 cm³/mol. The molecular weight excluding hydrogens is 404 g/mol. The first-order valence-corrected chi connectivity index (χ1v) is 10.8.